The second kappa shape index (κ2) is 11.7. The molecule has 1 spiro atoms. The third-order valence-electron chi connectivity index (χ3n) is 7.54. The van der Waals surface area contributed by atoms with Gasteiger partial charge in [0, 0.05) is 19.0 Å². The summed E-state index contributed by atoms with van der Waals surface area (Å²) in [7, 11) is 1.17. The standard InChI is InChI=1S/C25H38F2N4O6/c1-15(28-23(36)37-3)22(35)31-14-25(10-5-4-6-11-25)13-18(31)20(33)30-17(9-12-24(2,26)27)19(32)21(34)29-16-7-8-16/h15-18H,4-14H2,1-3H3,(H,28,36)(H,29,34)(H,30,33)/t15-,17-,18-/m0/s1. The average molecular weight is 529 g/mol. The third-order valence-corrected chi connectivity index (χ3v) is 7.54. The molecule has 3 aliphatic rings. The Hall–Kier alpha value is -2.79. The molecule has 1 heterocycles. The number of amides is 4. The van der Waals surface area contributed by atoms with Crippen molar-refractivity contribution in [2.24, 2.45) is 5.41 Å². The third kappa shape index (κ3) is 7.85. The van der Waals surface area contributed by atoms with Gasteiger partial charge in [0.25, 0.3) is 5.91 Å². The minimum Gasteiger partial charge on any atom is -0.453 e. The number of Topliss-reactive ketones (excluding diaryl/α,β-unsaturated/α-hetero) is 1. The fourth-order valence-electron chi connectivity index (χ4n) is 5.31. The molecule has 37 heavy (non-hydrogen) atoms. The van der Waals surface area contributed by atoms with Gasteiger partial charge in [0.05, 0.1) is 13.2 Å². The van der Waals surface area contributed by atoms with Crippen LogP contribution in [0.3, 0.4) is 0 Å². The summed E-state index contributed by atoms with van der Waals surface area (Å²) in [5.41, 5.74) is -0.278. The van der Waals surface area contributed by atoms with E-state index in [4.69, 9.17) is 0 Å². The molecule has 10 nitrogen and oxygen atoms in total. The van der Waals surface area contributed by atoms with Crippen molar-refractivity contribution < 1.29 is 37.5 Å². The van der Waals surface area contributed by atoms with Crippen LogP contribution in [-0.4, -0.2) is 78.2 Å². The Bertz CT molecular complexity index is 898. The number of ether oxygens (including phenoxy) is 1. The molecule has 3 fully saturated rings. The Morgan fingerprint density at radius 1 is 1.08 bits per heavy atom. The van der Waals surface area contributed by atoms with Gasteiger partial charge in [-0.2, -0.15) is 0 Å². The molecule has 12 heteroatoms. The van der Waals surface area contributed by atoms with E-state index in [1.165, 1.54) is 18.9 Å². The molecule has 0 bridgehead atoms. The van der Waals surface area contributed by atoms with E-state index in [1.54, 1.807) is 0 Å². The average Bonchev–Trinajstić information content (AvgIpc) is 3.59. The number of hydrogen-bond acceptors (Lipinski definition) is 6. The number of likely N-dealkylation sites (tertiary alicyclic amines) is 1. The summed E-state index contributed by atoms with van der Waals surface area (Å²) in [5.74, 6) is -6.13. The topological polar surface area (TPSA) is 134 Å². The fraction of sp³-hybridized carbons (Fsp3) is 0.800. The van der Waals surface area contributed by atoms with E-state index in [2.05, 4.69) is 20.7 Å². The highest BCUT2D eigenvalue weighted by atomic mass is 19.3. The molecule has 2 saturated carbocycles. The zero-order chi connectivity index (χ0) is 27.4. The molecule has 2 aliphatic carbocycles. The molecule has 3 N–H and O–H groups in total. The first-order valence-electron chi connectivity index (χ1n) is 13.0. The highest BCUT2D eigenvalue weighted by Crippen LogP contribution is 2.46. The Morgan fingerprint density at radius 3 is 2.30 bits per heavy atom. The van der Waals surface area contributed by atoms with Gasteiger partial charge in [-0.25, -0.2) is 13.6 Å². The number of nitrogens with zero attached hydrogens (tertiary/aromatic N) is 1. The SMILES string of the molecule is COC(=O)N[C@@H](C)C(=O)N1CC2(CCCCC2)C[C@H]1C(=O)N[C@@H](CCC(C)(F)F)C(=O)C(=O)NC1CC1. The molecule has 1 saturated heterocycles. The molecular formula is C25H38F2N4O6. The van der Waals surface area contributed by atoms with Crippen molar-refractivity contribution in [2.75, 3.05) is 13.7 Å². The second-order valence-electron chi connectivity index (χ2n) is 10.9. The number of ketones is 1. The van der Waals surface area contributed by atoms with Crippen LogP contribution in [0.15, 0.2) is 0 Å². The van der Waals surface area contributed by atoms with E-state index < -0.39 is 66.5 Å². The van der Waals surface area contributed by atoms with Crippen molar-refractivity contribution in [3.8, 4) is 0 Å². The number of carbonyl (C=O) groups is 5. The number of alkyl carbamates (subject to hydrolysis) is 1. The summed E-state index contributed by atoms with van der Waals surface area (Å²) in [5, 5.41) is 7.47. The molecular weight excluding hydrogens is 490 g/mol. The van der Waals surface area contributed by atoms with E-state index in [0.717, 1.165) is 44.9 Å². The number of rotatable bonds is 10. The highest BCUT2D eigenvalue weighted by molar-refractivity contribution is 6.38. The normalized spacial score (nSPS) is 22.6. The lowest BCUT2D eigenvalue weighted by Crippen LogP contribution is -2.56. The Kier molecular flexibility index (Phi) is 9.12. The predicted molar refractivity (Wildman–Crippen MR) is 129 cm³/mol. The van der Waals surface area contributed by atoms with Gasteiger partial charge in [0.1, 0.15) is 12.1 Å². The molecule has 0 unspecified atom stereocenters. The summed E-state index contributed by atoms with van der Waals surface area (Å²) in [6, 6.07) is -3.49. The van der Waals surface area contributed by atoms with E-state index in [1.807, 2.05) is 0 Å². The molecule has 4 amide bonds. The lowest BCUT2D eigenvalue weighted by Gasteiger charge is -2.33. The number of hydrogen-bond donors (Lipinski definition) is 3. The molecule has 0 aromatic rings. The van der Waals surface area contributed by atoms with Crippen molar-refractivity contribution in [3.05, 3.63) is 0 Å². The maximum atomic E-state index is 13.6. The van der Waals surface area contributed by atoms with Crippen molar-refractivity contribution >= 4 is 29.6 Å². The monoisotopic (exact) mass is 528 g/mol. The van der Waals surface area contributed by atoms with Crippen LogP contribution in [0.5, 0.6) is 0 Å². The first-order chi connectivity index (χ1) is 17.3. The van der Waals surface area contributed by atoms with E-state index in [-0.39, 0.29) is 11.5 Å². The van der Waals surface area contributed by atoms with Crippen LogP contribution in [-0.2, 0) is 23.9 Å². The number of nitrogens with one attached hydrogen (secondary N) is 3. The van der Waals surface area contributed by atoms with Crippen molar-refractivity contribution in [3.63, 3.8) is 0 Å². The second-order valence-corrected chi connectivity index (χ2v) is 10.9. The van der Waals surface area contributed by atoms with Crippen LogP contribution in [0.1, 0.15) is 78.1 Å². The molecule has 1 aliphatic heterocycles. The summed E-state index contributed by atoms with van der Waals surface area (Å²) in [4.78, 5) is 65.1. The Labute approximate surface area is 215 Å². The number of carbonyl (C=O) groups excluding carboxylic acids is 5. The van der Waals surface area contributed by atoms with Crippen LogP contribution in [0.2, 0.25) is 0 Å². The molecule has 3 atom stereocenters. The van der Waals surface area contributed by atoms with Gasteiger partial charge in [0.2, 0.25) is 23.5 Å². The van der Waals surface area contributed by atoms with Gasteiger partial charge in [-0.15, -0.1) is 0 Å². The molecule has 0 aromatic heterocycles. The fourth-order valence-corrected chi connectivity index (χ4v) is 5.31. The molecule has 0 radical (unpaired) electrons. The first-order valence-corrected chi connectivity index (χ1v) is 13.0. The van der Waals surface area contributed by atoms with Crippen LogP contribution in [0.4, 0.5) is 13.6 Å². The molecule has 0 aromatic carbocycles. The van der Waals surface area contributed by atoms with E-state index in [0.29, 0.717) is 19.9 Å². The van der Waals surface area contributed by atoms with Gasteiger partial charge in [0.15, 0.2) is 0 Å². The largest absolute Gasteiger partial charge is 0.453 e. The number of alkyl halides is 2. The van der Waals surface area contributed by atoms with Crippen LogP contribution in [0.25, 0.3) is 0 Å². The highest BCUT2D eigenvalue weighted by Gasteiger charge is 2.50. The summed E-state index contributed by atoms with van der Waals surface area (Å²) in [6.07, 6.45) is 4.56. The van der Waals surface area contributed by atoms with Crippen LogP contribution < -0.4 is 16.0 Å². The van der Waals surface area contributed by atoms with Crippen LogP contribution >= 0.6 is 0 Å². The smallest absolute Gasteiger partial charge is 0.407 e. The number of methoxy groups -OCH3 is 1. The quantitative estimate of drug-likeness (QED) is 0.372. The number of halogens is 2. The van der Waals surface area contributed by atoms with Gasteiger partial charge in [-0.3, -0.25) is 19.2 Å². The summed E-state index contributed by atoms with van der Waals surface area (Å²) >= 11 is 0. The summed E-state index contributed by atoms with van der Waals surface area (Å²) < 4.78 is 31.8. The minimum absolute atomic E-state index is 0.113. The zero-order valence-electron chi connectivity index (χ0n) is 21.7. The minimum atomic E-state index is -3.09. The van der Waals surface area contributed by atoms with Gasteiger partial charge < -0.3 is 25.6 Å². The van der Waals surface area contributed by atoms with E-state index in [9.17, 15) is 32.8 Å². The Balaban J connectivity index is 1.79. The van der Waals surface area contributed by atoms with Crippen molar-refractivity contribution in [2.45, 2.75) is 108 Å². The zero-order valence-corrected chi connectivity index (χ0v) is 21.7. The molecule has 3 rings (SSSR count). The van der Waals surface area contributed by atoms with Crippen molar-refractivity contribution in [1.29, 1.82) is 0 Å². The molecule has 208 valence electrons. The lowest BCUT2D eigenvalue weighted by atomic mass is 9.72. The predicted octanol–water partition coefficient (Wildman–Crippen LogP) is 2.05. The van der Waals surface area contributed by atoms with Gasteiger partial charge in [-0.1, -0.05) is 19.3 Å². The lowest BCUT2D eigenvalue weighted by molar-refractivity contribution is -0.143. The van der Waals surface area contributed by atoms with Gasteiger partial charge in [-0.05, 0) is 57.8 Å². The van der Waals surface area contributed by atoms with Gasteiger partial charge >= 0.3 is 6.09 Å². The van der Waals surface area contributed by atoms with E-state index >= 15 is 0 Å². The Morgan fingerprint density at radius 2 is 1.73 bits per heavy atom. The maximum Gasteiger partial charge on any atom is 0.407 e. The summed E-state index contributed by atoms with van der Waals surface area (Å²) in [6.45, 7) is 2.50. The first kappa shape index (κ1) is 28.8. The maximum absolute atomic E-state index is 13.6. The van der Waals surface area contributed by atoms with Crippen molar-refractivity contribution in [1.82, 2.24) is 20.9 Å². The van der Waals surface area contributed by atoms with Crippen LogP contribution in [0, 0.1) is 5.41 Å².